The van der Waals surface area contributed by atoms with Gasteiger partial charge in [-0.1, -0.05) is 6.07 Å². The Morgan fingerprint density at radius 3 is 3.21 bits per heavy atom. The zero-order chi connectivity index (χ0) is 9.97. The highest BCUT2D eigenvalue weighted by Gasteiger charge is 2.20. The molecule has 0 fully saturated rings. The molecule has 2 rings (SSSR count). The van der Waals surface area contributed by atoms with Crippen LogP contribution in [-0.4, -0.2) is 19.2 Å². The lowest BCUT2D eigenvalue weighted by Crippen LogP contribution is -2.33. The first-order valence-corrected chi connectivity index (χ1v) is 4.69. The number of anilines is 1. The Balaban J connectivity index is 2.18. The number of fused-ring (bicyclic) bond motifs is 1. The van der Waals surface area contributed by atoms with Crippen molar-refractivity contribution in [3.05, 3.63) is 24.0 Å². The summed E-state index contributed by atoms with van der Waals surface area (Å²) in [5.74, 6) is 0.00182. The number of hydrogen-bond acceptors (Lipinski definition) is 3. The Kier molecular flexibility index (Phi) is 2.54. The van der Waals surface area contributed by atoms with Crippen molar-refractivity contribution in [1.82, 2.24) is 0 Å². The number of hydrogen-bond donors (Lipinski definition) is 2. The van der Waals surface area contributed by atoms with E-state index in [1.807, 2.05) is 0 Å². The Bertz CT molecular complexity index is 330. The average Bonchev–Trinajstić information content (AvgIpc) is 2.18. The molecule has 3 N–H and O–H groups in total. The summed E-state index contributed by atoms with van der Waals surface area (Å²) in [5, 5.41) is 3.19. The maximum atomic E-state index is 13.2. The maximum absolute atomic E-state index is 13.2. The topological polar surface area (TPSA) is 47.3 Å². The van der Waals surface area contributed by atoms with E-state index in [2.05, 4.69) is 5.32 Å². The molecule has 1 unspecified atom stereocenters. The van der Waals surface area contributed by atoms with Crippen molar-refractivity contribution in [3.8, 4) is 5.75 Å². The molecule has 0 amide bonds. The predicted molar refractivity (Wildman–Crippen MR) is 53.0 cm³/mol. The molecule has 1 aliphatic rings. The summed E-state index contributed by atoms with van der Waals surface area (Å²) in [6, 6.07) is 5.05. The minimum absolute atomic E-state index is 0.189. The Labute approximate surface area is 82.1 Å². The van der Waals surface area contributed by atoms with Gasteiger partial charge < -0.3 is 15.8 Å². The molecule has 3 nitrogen and oxygen atoms in total. The Morgan fingerprint density at radius 2 is 2.43 bits per heavy atom. The van der Waals surface area contributed by atoms with Crippen molar-refractivity contribution < 1.29 is 9.13 Å². The van der Waals surface area contributed by atoms with Gasteiger partial charge in [0.25, 0.3) is 0 Å². The lowest BCUT2D eigenvalue weighted by atomic mass is 10.1. The third-order valence-corrected chi connectivity index (χ3v) is 2.27. The number of para-hydroxylation sites is 1. The summed E-state index contributed by atoms with van der Waals surface area (Å²) in [6.07, 6.45) is 0.829. The lowest BCUT2D eigenvalue weighted by Gasteiger charge is -2.27. The van der Waals surface area contributed by atoms with E-state index >= 15 is 0 Å². The van der Waals surface area contributed by atoms with Crippen LogP contribution >= 0.6 is 0 Å². The highest BCUT2D eigenvalue weighted by Crippen LogP contribution is 2.31. The second-order valence-corrected chi connectivity index (χ2v) is 3.35. The van der Waals surface area contributed by atoms with Crippen LogP contribution in [0.15, 0.2) is 18.2 Å². The van der Waals surface area contributed by atoms with Crippen LogP contribution in [0, 0.1) is 5.82 Å². The molecule has 0 aliphatic carbocycles. The molecule has 1 aromatic rings. The fraction of sp³-hybridized carbons (Fsp3) is 0.400. The summed E-state index contributed by atoms with van der Waals surface area (Å²) in [5.41, 5.74) is 6.16. The van der Waals surface area contributed by atoms with Crippen LogP contribution in [0.25, 0.3) is 0 Å². The van der Waals surface area contributed by atoms with Gasteiger partial charge in [0.15, 0.2) is 11.6 Å². The Hall–Kier alpha value is -1.29. The van der Waals surface area contributed by atoms with Gasteiger partial charge in [0.1, 0.15) is 6.61 Å². The van der Waals surface area contributed by atoms with Gasteiger partial charge in [-0.15, -0.1) is 0 Å². The van der Waals surface area contributed by atoms with Gasteiger partial charge in [-0.05, 0) is 25.1 Å². The zero-order valence-electron chi connectivity index (χ0n) is 7.79. The first-order valence-electron chi connectivity index (χ1n) is 4.69. The first-order chi connectivity index (χ1) is 6.81. The molecule has 0 bridgehead atoms. The summed E-state index contributed by atoms with van der Waals surface area (Å²) in [4.78, 5) is 0. The number of benzene rings is 1. The molecular formula is C10H13FN2O. The van der Waals surface area contributed by atoms with Crippen LogP contribution in [0.1, 0.15) is 6.42 Å². The molecule has 0 aromatic heterocycles. The van der Waals surface area contributed by atoms with Gasteiger partial charge in [-0.3, -0.25) is 0 Å². The van der Waals surface area contributed by atoms with Gasteiger partial charge in [-0.25, -0.2) is 4.39 Å². The van der Waals surface area contributed by atoms with Crippen molar-refractivity contribution in [2.24, 2.45) is 5.73 Å². The van der Waals surface area contributed by atoms with Gasteiger partial charge in [0, 0.05) is 0 Å². The van der Waals surface area contributed by atoms with Crippen LogP contribution < -0.4 is 15.8 Å². The molecule has 76 valence electrons. The number of rotatable bonds is 2. The third kappa shape index (κ3) is 1.65. The molecule has 0 spiro atoms. The minimum Gasteiger partial charge on any atom is -0.486 e. The molecule has 1 atom stereocenters. The molecule has 0 saturated carbocycles. The molecule has 14 heavy (non-hydrogen) atoms. The van der Waals surface area contributed by atoms with Gasteiger partial charge in [0.05, 0.1) is 11.7 Å². The van der Waals surface area contributed by atoms with Crippen LogP contribution in [-0.2, 0) is 0 Å². The largest absolute Gasteiger partial charge is 0.486 e. The smallest absolute Gasteiger partial charge is 0.178 e. The normalized spacial score (nSPS) is 19.4. The second-order valence-electron chi connectivity index (χ2n) is 3.35. The third-order valence-electron chi connectivity index (χ3n) is 2.27. The minimum atomic E-state index is -0.318. The van der Waals surface area contributed by atoms with Crippen molar-refractivity contribution in [2.45, 2.75) is 12.5 Å². The number of ether oxygens (including phenoxy) is 1. The fourth-order valence-electron chi connectivity index (χ4n) is 1.57. The average molecular weight is 196 g/mol. The SMILES string of the molecule is NCCC1COc2c(F)cccc2N1. The molecular weight excluding hydrogens is 183 g/mol. The van der Waals surface area contributed by atoms with Crippen molar-refractivity contribution in [3.63, 3.8) is 0 Å². The fourth-order valence-corrected chi connectivity index (χ4v) is 1.57. The van der Waals surface area contributed by atoms with E-state index in [1.165, 1.54) is 6.07 Å². The van der Waals surface area contributed by atoms with E-state index in [4.69, 9.17) is 10.5 Å². The highest BCUT2D eigenvalue weighted by atomic mass is 19.1. The summed E-state index contributed by atoms with van der Waals surface area (Å²) < 4.78 is 18.5. The quantitative estimate of drug-likeness (QED) is 0.750. The predicted octanol–water partition coefficient (Wildman–Crippen LogP) is 1.35. The standard InChI is InChI=1S/C10H13FN2O/c11-8-2-1-3-9-10(8)14-6-7(13-9)4-5-12/h1-3,7,13H,4-6,12H2. The molecule has 1 aliphatic heterocycles. The molecule has 1 heterocycles. The molecule has 0 saturated heterocycles. The lowest BCUT2D eigenvalue weighted by molar-refractivity contribution is 0.267. The van der Waals surface area contributed by atoms with E-state index < -0.39 is 0 Å². The first kappa shape index (κ1) is 9.27. The van der Waals surface area contributed by atoms with Crippen LogP contribution in [0.4, 0.5) is 10.1 Å². The van der Waals surface area contributed by atoms with E-state index in [0.29, 0.717) is 18.9 Å². The molecule has 4 heteroatoms. The van der Waals surface area contributed by atoms with Crippen molar-refractivity contribution in [1.29, 1.82) is 0 Å². The van der Waals surface area contributed by atoms with E-state index in [0.717, 1.165) is 12.1 Å². The summed E-state index contributed by atoms with van der Waals surface area (Å²) in [6.45, 7) is 1.08. The van der Waals surface area contributed by atoms with Crippen LogP contribution in [0.5, 0.6) is 5.75 Å². The van der Waals surface area contributed by atoms with E-state index in [-0.39, 0.29) is 11.9 Å². The number of halogens is 1. The van der Waals surface area contributed by atoms with Crippen molar-refractivity contribution >= 4 is 5.69 Å². The van der Waals surface area contributed by atoms with E-state index in [1.54, 1.807) is 12.1 Å². The Morgan fingerprint density at radius 1 is 1.57 bits per heavy atom. The van der Waals surface area contributed by atoms with Crippen molar-refractivity contribution in [2.75, 3.05) is 18.5 Å². The molecule has 0 radical (unpaired) electrons. The monoisotopic (exact) mass is 196 g/mol. The zero-order valence-corrected chi connectivity index (χ0v) is 7.79. The van der Waals surface area contributed by atoms with Gasteiger partial charge in [0.2, 0.25) is 0 Å². The number of nitrogens with two attached hydrogens (primary N) is 1. The highest BCUT2D eigenvalue weighted by molar-refractivity contribution is 5.58. The summed E-state index contributed by atoms with van der Waals surface area (Å²) in [7, 11) is 0. The van der Waals surface area contributed by atoms with E-state index in [9.17, 15) is 4.39 Å². The van der Waals surface area contributed by atoms with Crippen LogP contribution in [0.2, 0.25) is 0 Å². The van der Waals surface area contributed by atoms with Gasteiger partial charge >= 0.3 is 0 Å². The maximum Gasteiger partial charge on any atom is 0.178 e. The summed E-state index contributed by atoms with van der Waals surface area (Å²) >= 11 is 0. The van der Waals surface area contributed by atoms with Crippen LogP contribution in [0.3, 0.4) is 0 Å². The van der Waals surface area contributed by atoms with Gasteiger partial charge in [-0.2, -0.15) is 0 Å². The molecule has 1 aromatic carbocycles. The second kappa shape index (κ2) is 3.84. The number of nitrogens with one attached hydrogen (secondary N) is 1.